The Bertz CT molecular complexity index is 843. The third-order valence-corrected chi connectivity index (χ3v) is 4.31. The highest BCUT2D eigenvalue weighted by atomic mass is 16.1. The van der Waals surface area contributed by atoms with Crippen molar-refractivity contribution in [3.63, 3.8) is 0 Å². The van der Waals surface area contributed by atoms with Crippen LogP contribution in [0.15, 0.2) is 90.2 Å². The van der Waals surface area contributed by atoms with Gasteiger partial charge in [0.1, 0.15) is 0 Å². The lowest BCUT2D eigenvalue weighted by atomic mass is 10.0. The van der Waals surface area contributed by atoms with Crippen LogP contribution < -0.4 is 4.90 Å². The summed E-state index contributed by atoms with van der Waals surface area (Å²) < 4.78 is 0. The lowest BCUT2D eigenvalue weighted by Crippen LogP contribution is -2.17. The number of allylic oxidation sites excluding steroid dienone is 5. The molecule has 2 aromatic carbocycles. The molecular formula is C21H17NO. The summed E-state index contributed by atoms with van der Waals surface area (Å²) in [7, 11) is 0. The summed E-state index contributed by atoms with van der Waals surface area (Å²) in [5.74, 6) is 0.210. The van der Waals surface area contributed by atoms with Crippen LogP contribution in [0.25, 0.3) is 0 Å². The molecule has 4 rings (SSSR count). The Kier molecular flexibility index (Phi) is 3.43. The number of para-hydroxylation sites is 2. The van der Waals surface area contributed by atoms with Gasteiger partial charge in [0.15, 0.2) is 5.78 Å². The van der Waals surface area contributed by atoms with Crippen molar-refractivity contribution < 1.29 is 4.79 Å². The highest BCUT2D eigenvalue weighted by Gasteiger charge is 2.27. The standard InChI is InChI=1S/C21H17NO/c23-21-15-16-9-7-8-13-19(16)22(17-10-3-1-4-11-17)20-14-6-2-5-12-18(20)21/h1-11,13-14H,12,15H2. The van der Waals surface area contributed by atoms with Crippen LogP contribution in [0.3, 0.4) is 0 Å². The van der Waals surface area contributed by atoms with Crippen molar-refractivity contribution in [2.24, 2.45) is 0 Å². The fourth-order valence-corrected chi connectivity index (χ4v) is 3.23. The minimum Gasteiger partial charge on any atom is -0.310 e. The minimum absolute atomic E-state index is 0.210. The van der Waals surface area contributed by atoms with E-state index in [9.17, 15) is 4.79 Å². The Morgan fingerprint density at radius 3 is 2.52 bits per heavy atom. The number of fused-ring (bicyclic) bond motifs is 1. The maximum atomic E-state index is 12.8. The zero-order chi connectivity index (χ0) is 15.6. The Labute approximate surface area is 136 Å². The number of anilines is 2. The van der Waals surface area contributed by atoms with E-state index in [1.165, 1.54) is 0 Å². The zero-order valence-electron chi connectivity index (χ0n) is 12.8. The second-order valence-corrected chi connectivity index (χ2v) is 5.75. The SMILES string of the molecule is O=C1Cc2ccccc2N(c2ccccc2)C2=C1CC=CC=C2. The van der Waals surface area contributed by atoms with E-state index in [0.29, 0.717) is 12.8 Å². The van der Waals surface area contributed by atoms with E-state index in [1.54, 1.807) is 0 Å². The second kappa shape index (κ2) is 5.73. The maximum Gasteiger partial charge on any atom is 0.165 e. The summed E-state index contributed by atoms with van der Waals surface area (Å²) in [4.78, 5) is 15.0. The average molecular weight is 299 g/mol. The number of carbonyl (C=O) groups is 1. The smallest absolute Gasteiger partial charge is 0.165 e. The number of nitrogens with zero attached hydrogens (tertiary/aromatic N) is 1. The number of ketones is 1. The number of rotatable bonds is 1. The van der Waals surface area contributed by atoms with Gasteiger partial charge in [-0.15, -0.1) is 0 Å². The Morgan fingerprint density at radius 2 is 1.65 bits per heavy atom. The van der Waals surface area contributed by atoms with Crippen LogP contribution in [-0.2, 0) is 11.2 Å². The number of hydrogen-bond acceptors (Lipinski definition) is 2. The summed E-state index contributed by atoms with van der Waals surface area (Å²) in [6.45, 7) is 0. The van der Waals surface area contributed by atoms with Crippen LogP contribution in [-0.4, -0.2) is 5.78 Å². The van der Waals surface area contributed by atoms with E-state index in [2.05, 4.69) is 35.2 Å². The first kappa shape index (κ1) is 13.8. The first-order valence-electron chi connectivity index (χ1n) is 7.87. The Balaban J connectivity index is 2.00. The molecule has 0 spiro atoms. The molecular weight excluding hydrogens is 282 g/mol. The molecule has 2 aromatic rings. The highest BCUT2D eigenvalue weighted by Crippen LogP contribution is 2.38. The molecule has 0 saturated heterocycles. The second-order valence-electron chi connectivity index (χ2n) is 5.75. The van der Waals surface area contributed by atoms with Crippen LogP contribution in [0.1, 0.15) is 12.0 Å². The van der Waals surface area contributed by atoms with Gasteiger partial charge in [0.2, 0.25) is 0 Å². The van der Waals surface area contributed by atoms with Gasteiger partial charge < -0.3 is 4.90 Å². The molecule has 0 fully saturated rings. The van der Waals surface area contributed by atoms with E-state index in [0.717, 1.165) is 28.2 Å². The van der Waals surface area contributed by atoms with Crippen molar-refractivity contribution in [3.8, 4) is 0 Å². The first-order valence-corrected chi connectivity index (χ1v) is 7.87. The Hall–Kier alpha value is -2.87. The molecule has 2 nitrogen and oxygen atoms in total. The van der Waals surface area contributed by atoms with Gasteiger partial charge >= 0.3 is 0 Å². The molecule has 0 unspecified atom stereocenters. The normalized spacial score (nSPS) is 16.7. The van der Waals surface area contributed by atoms with E-state index < -0.39 is 0 Å². The molecule has 1 aliphatic heterocycles. The molecule has 23 heavy (non-hydrogen) atoms. The van der Waals surface area contributed by atoms with Gasteiger partial charge in [0.25, 0.3) is 0 Å². The molecule has 0 radical (unpaired) electrons. The minimum atomic E-state index is 0.210. The summed E-state index contributed by atoms with van der Waals surface area (Å²) >= 11 is 0. The van der Waals surface area contributed by atoms with Gasteiger partial charge in [0.05, 0.1) is 5.70 Å². The van der Waals surface area contributed by atoms with Crippen LogP contribution in [0, 0.1) is 0 Å². The molecule has 0 N–H and O–H groups in total. The molecule has 0 aromatic heterocycles. The lowest BCUT2D eigenvalue weighted by Gasteiger charge is -2.27. The van der Waals surface area contributed by atoms with Crippen LogP contribution in [0.5, 0.6) is 0 Å². The molecule has 2 heteroatoms. The van der Waals surface area contributed by atoms with Crippen molar-refractivity contribution in [2.45, 2.75) is 12.8 Å². The largest absolute Gasteiger partial charge is 0.310 e. The van der Waals surface area contributed by atoms with E-state index >= 15 is 0 Å². The van der Waals surface area contributed by atoms with Crippen molar-refractivity contribution in [3.05, 3.63) is 95.7 Å². The number of Topliss-reactive ketones (excluding diaryl/α,β-unsaturated/α-hetero) is 1. The van der Waals surface area contributed by atoms with Gasteiger partial charge in [-0.25, -0.2) is 0 Å². The van der Waals surface area contributed by atoms with Crippen molar-refractivity contribution in [1.82, 2.24) is 0 Å². The Morgan fingerprint density at radius 1 is 0.870 bits per heavy atom. The van der Waals surface area contributed by atoms with Crippen LogP contribution >= 0.6 is 0 Å². The highest BCUT2D eigenvalue weighted by molar-refractivity contribution is 6.02. The quantitative estimate of drug-likeness (QED) is 0.759. The molecule has 1 heterocycles. The third-order valence-electron chi connectivity index (χ3n) is 4.31. The van der Waals surface area contributed by atoms with Gasteiger partial charge in [0, 0.05) is 23.4 Å². The molecule has 2 aliphatic rings. The van der Waals surface area contributed by atoms with Gasteiger partial charge in [-0.2, -0.15) is 0 Å². The van der Waals surface area contributed by atoms with E-state index in [4.69, 9.17) is 0 Å². The molecule has 0 saturated carbocycles. The molecule has 112 valence electrons. The van der Waals surface area contributed by atoms with E-state index in [1.807, 2.05) is 48.6 Å². The maximum absolute atomic E-state index is 12.8. The third kappa shape index (κ3) is 2.42. The zero-order valence-corrected chi connectivity index (χ0v) is 12.8. The molecule has 1 aliphatic carbocycles. The summed E-state index contributed by atoms with van der Waals surface area (Å²) in [6, 6.07) is 18.4. The molecule has 0 atom stereocenters. The van der Waals surface area contributed by atoms with E-state index in [-0.39, 0.29) is 5.78 Å². The lowest BCUT2D eigenvalue weighted by molar-refractivity contribution is -0.115. The summed E-state index contributed by atoms with van der Waals surface area (Å²) in [5.41, 5.74) is 5.11. The summed E-state index contributed by atoms with van der Waals surface area (Å²) in [6.07, 6.45) is 9.26. The molecule has 0 amide bonds. The van der Waals surface area contributed by atoms with Crippen LogP contribution in [0.4, 0.5) is 11.4 Å². The number of hydrogen-bond donors (Lipinski definition) is 0. The fraction of sp³-hybridized carbons (Fsp3) is 0.0952. The monoisotopic (exact) mass is 299 g/mol. The van der Waals surface area contributed by atoms with Gasteiger partial charge in [-0.05, 0) is 36.3 Å². The predicted octanol–water partition coefficient (Wildman–Crippen LogP) is 4.72. The van der Waals surface area contributed by atoms with Crippen molar-refractivity contribution in [1.29, 1.82) is 0 Å². The van der Waals surface area contributed by atoms with Gasteiger partial charge in [-0.1, -0.05) is 54.6 Å². The first-order chi connectivity index (χ1) is 11.3. The van der Waals surface area contributed by atoms with Crippen LogP contribution in [0.2, 0.25) is 0 Å². The number of carbonyl (C=O) groups excluding carboxylic acids is 1. The fourth-order valence-electron chi connectivity index (χ4n) is 3.23. The summed E-state index contributed by atoms with van der Waals surface area (Å²) in [5, 5.41) is 0. The topological polar surface area (TPSA) is 20.3 Å². The average Bonchev–Trinajstić information content (AvgIpc) is 2.88. The van der Waals surface area contributed by atoms with Crippen molar-refractivity contribution in [2.75, 3.05) is 4.90 Å². The molecule has 0 bridgehead atoms. The van der Waals surface area contributed by atoms with Gasteiger partial charge in [-0.3, -0.25) is 4.79 Å². The number of benzene rings is 2. The predicted molar refractivity (Wildman–Crippen MR) is 93.7 cm³/mol. The van der Waals surface area contributed by atoms with Crippen molar-refractivity contribution >= 4 is 17.2 Å².